The fourth-order valence-corrected chi connectivity index (χ4v) is 2.51. The van der Waals surface area contributed by atoms with Crippen LogP contribution in [0.2, 0.25) is 0 Å². The Bertz CT molecular complexity index is 509. The lowest BCUT2D eigenvalue weighted by Crippen LogP contribution is -2.38. The van der Waals surface area contributed by atoms with Crippen LogP contribution in [-0.2, 0) is 19.5 Å². The Morgan fingerprint density at radius 3 is 2.36 bits per heavy atom. The van der Waals surface area contributed by atoms with Crippen molar-refractivity contribution in [3.63, 3.8) is 0 Å². The molecule has 0 fully saturated rings. The minimum absolute atomic E-state index is 0.0824. The molecule has 0 unspecified atom stereocenters. The number of halogens is 6. The summed E-state index contributed by atoms with van der Waals surface area (Å²) in [5.41, 5.74) is 2.41. The third-order valence-corrected chi connectivity index (χ3v) is 3.42. The minimum Gasteiger partial charge on any atom is -0.305 e. The molecule has 0 radical (unpaired) electrons. The van der Waals surface area contributed by atoms with Gasteiger partial charge in [0.15, 0.2) is 0 Å². The van der Waals surface area contributed by atoms with E-state index in [1.165, 1.54) is 4.90 Å². The van der Waals surface area contributed by atoms with Crippen molar-refractivity contribution in [3.05, 3.63) is 34.9 Å². The van der Waals surface area contributed by atoms with E-state index in [9.17, 15) is 26.3 Å². The quantitative estimate of drug-likeness (QED) is 0.855. The average Bonchev–Trinajstić information content (AvgIpc) is 2.35. The molecular weight excluding hydrogens is 310 g/mol. The zero-order valence-electron chi connectivity index (χ0n) is 11.7. The van der Waals surface area contributed by atoms with Gasteiger partial charge in [-0.15, -0.1) is 0 Å². The van der Waals surface area contributed by atoms with Gasteiger partial charge in [-0.3, -0.25) is 4.90 Å². The molecule has 0 aromatic heterocycles. The van der Waals surface area contributed by atoms with Gasteiger partial charge in [0.25, 0.3) is 0 Å². The van der Waals surface area contributed by atoms with E-state index < -0.39 is 25.4 Å². The highest BCUT2D eigenvalue weighted by Gasteiger charge is 2.32. The molecular formula is C14H16F6N2. The Morgan fingerprint density at radius 2 is 1.73 bits per heavy atom. The number of benzene rings is 1. The molecule has 1 heterocycles. The number of hydrogen-bond donors (Lipinski definition) is 1. The van der Waals surface area contributed by atoms with Gasteiger partial charge in [-0.1, -0.05) is 18.2 Å². The van der Waals surface area contributed by atoms with E-state index in [-0.39, 0.29) is 13.1 Å². The molecule has 1 N–H and O–H groups in total. The number of rotatable bonds is 4. The highest BCUT2D eigenvalue weighted by molar-refractivity contribution is 5.33. The van der Waals surface area contributed by atoms with Crippen LogP contribution in [0.5, 0.6) is 0 Å². The van der Waals surface area contributed by atoms with E-state index in [2.05, 4.69) is 5.32 Å². The van der Waals surface area contributed by atoms with Crippen molar-refractivity contribution >= 4 is 0 Å². The maximum absolute atomic E-state index is 12.4. The standard InChI is InChI=1S/C14H16F6N2/c15-13(16,17)8-21-6-10-1-2-12-7-22(9-14(18,19)20)4-3-11(12)5-10/h1-2,5,21H,3-4,6-9H2. The lowest BCUT2D eigenvalue weighted by Gasteiger charge is -2.29. The summed E-state index contributed by atoms with van der Waals surface area (Å²) >= 11 is 0. The molecule has 1 aromatic rings. The first-order valence-electron chi connectivity index (χ1n) is 6.80. The maximum Gasteiger partial charge on any atom is 0.401 e. The van der Waals surface area contributed by atoms with Gasteiger partial charge in [0.05, 0.1) is 13.1 Å². The van der Waals surface area contributed by atoms with Gasteiger partial charge < -0.3 is 5.32 Å². The first kappa shape index (κ1) is 17.1. The topological polar surface area (TPSA) is 15.3 Å². The van der Waals surface area contributed by atoms with Crippen LogP contribution in [0.15, 0.2) is 18.2 Å². The van der Waals surface area contributed by atoms with Crippen LogP contribution in [-0.4, -0.2) is 36.9 Å². The van der Waals surface area contributed by atoms with Gasteiger partial charge in [0.2, 0.25) is 0 Å². The smallest absolute Gasteiger partial charge is 0.305 e. The molecule has 0 saturated heterocycles. The van der Waals surface area contributed by atoms with Crippen LogP contribution >= 0.6 is 0 Å². The summed E-state index contributed by atoms with van der Waals surface area (Å²) < 4.78 is 73.3. The van der Waals surface area contributed by atoms with E-state index in [1.54, 1.807) is 18.2 Å². The van der Waals surface area contributed by atoms with Crippen LogP contribution in [0.3, 0.4) is 0 Å². The molecule has 1 aliphatic rings. The molecule has 0 atom stereocenters. The summed E-state index contributed by atoms with van der Waals surface area (Å²) in [5.74, 6) is 0. The molecule has 1 aliphatic heterocycles. The zero-order valence-corrected chi connectivity index (χ0v) is 11.7. The second kappa shape index (κ2) is 6.45. The third-order valence-electron chi connectivity index (χ3n) is 3.42. The summed E-state index contributed by atoms with van der Waals surface area (Å²) in [6.45, 7) is -1.42. The molecule has 0 aliphatic carbocycles. The normalized spacial score (nSPS) is 16.6. The lowest BCUT2D eigenvalue weighted by atomic mass is 9.97. The number of nitrogens with zero attached hydrogens (tertiary/aromatic N) is 1. The molecule has 22 heavy (non-hydrogen) atoms. The number of nitrogens with one attached hydrogen (secondary N) is 1. The summed E-state index contributed by atoms with van der Waals surface area (Å²) in [5, 5.41) is 2.30. The van der Waals surface area contributed by atoms with Crippen molar-refractivity contribution < 1.29 is 26.3 Å². The van der Waals surface area contributed by atoms with Gasteiger partial charge in [0, 0.05) is 19.6 Å². The zero-order chi connectivity index (χ0) is 16.4. The minimum atomic E-state index is -4.26. The third kappa shape index (κ3) is 5.49. The molecule has 8 heteroatoms. The molecule has 1 aromatic carbocycles. The molecule has 0 bridgehead atoms. The summed E-state index contributed by atoms with van der Waals surface area (Å²) in [6, 6.07) is 5.12. The second-order valence-electron chi connectivity index (χ2n) is 5.40. The van der Waals surface area contributed by atoms with E-state index >= 15 is 0 Å². The van der Waals surface area contributed by atoms with Gasteiger partial charge >= 0.3 is 12.4 Å². The van der Waals surface area contributed by atoms with Gasteiger partial charge in [-0.05, 0) is 23.1 Å². The van der Waals surface area contributed by atoms with Crippen LogP contribution in [0.4, 0.5) is 26.3 Å². The van der Waals surface area contributed by atoms with Crippen molar-refractivity contribution in [1.29, 1.82) is 0 Å². The fraction of sp³-hybridized carbons (Fsp3) is 0.571. The van der Waals surface area contributed by atoms with Crippen molar-refractivity contribution in [3.8, 4) is 0 Å². The summed E-state index contributed by atoms with van der Waals surface area (Å²) in [6.07, 6.45) is -8.01. The van der Waals surface area contributed by atoms with Crippen molar-refractivity contribution in [2.45, 2.75) is 31.9 Å². The summed E-state index contributed by atoms with van der Waals surface area (Å²) in [7, 11) is 0. The summed E-state index contributed by atoms with van der Waals surface area (Å²) in [4.78, 5) is 1.32. The Hall–Kier alpha value is -1.28. The molecule has 0 spiro atoms. The lowest BCUT2D eigenvalue weighted by molar-refractivity contribution is -0.147. The first-order valence-corrected chi connectivity index (χ1v) is 6.80. The molecule has 2 rings (SSSR count). The van der Waals surface area contributed by atoms with Crippen molar-refractivity contribution in [2.75, 3.05) is 19.6 Å². The number of hydrogen-bond acceptors (Lipinski definition) is 2. The predicted molar refractivity (Wildman–Crippen MR) is 69.2 cm³/mol. The van der Waals surface area contributed by atoms with Gasteiger partial charge in [-0.25, -0.2) is 0 Å². The maximum atomic E-state index is 12.4. The Labute approximate surface area is 124 Å². The SMILES string of the molecule is FC(F)(F)CNCc1ccc2c(c1)CCN(CC(F)(F)F)C2. The average molecular weight is 326 g/mol. The largest absolute Gasteiger partial charge is 0.401 e. The first-order chi connectivity index (χ1) is 10.1. The van der Waals surface area contributed by atoms with E-state index in [0.29, 0.717) is 18.5 Å². The predicted octanol–water partition coefficient (Wildman–Crippen LogP) is 3.26. The number of fused-ring (bicyclic) bond motifs is 1. The highest BCUT2D eigenvalue weighted by atomic mass is 19.4. The molecule has 0 amide bonds. The van der Waals surface area contributed by atoms with E-state index in [4.69, 9.17) is 0 Å². The van der Waals surface area contributed by atoms with Crippen LogP contribution in [0.1, 0.15) is 16.7 Å². The molecule has 2 nitrogen and oxygen atoms in total. The van der Waals surface area contributed by atoms with Gasteiger partial charge in [-0.2, -0.15) is 26.3 Å². The van der Waals surface area contributed by atoms with Crippen molar-refractivity contribution in [2.24, 2.45) is 0 Å². The Balaban J connectivity index is 1.93. The highest BCUT2D eigenvalue weighted by Crippen LogP contribution is 2.24. The van der Waals surface area contributed by atoms with E-state index in [1.807, 2.05) is 0 Å². The number of alkyl halides is 6. The Morgan fingerprint density at radius 1 is 1.00 bits per heavy atom. The second-order valence-corrected chi connectivity index (χ2v) is 5.40. The van der Waals surface area contributed by atoms with Gasteiger partial charge in [0.1, 0.15) is 0 Å². The van der Waals surface area contributed by atoms with Crippen LogP contribution in [0, 0.1) is 0 Å². The van der Waals surface area contributed by atoms with Crippen LogP contribution < -0.4 is 5.32 Å². The fourth-order valence-electron chi connectivity index (χ4n) is 2.51. The molecule has 0 saturated carbocycles. The molecule has 124 valence electrons. The van der Waals surface area contributed by atoms with E-state index in [0.717, 1.165) is 11.1 Å². The van der Waals surface area contributed by atoms with Crippen LogP contribution in [0.25, 0.3) is 0 Å². The Kier molecular flexibility index (Phi) is 5.01. The monoisotopic (exact) mass is 326 g/mol. The van der Waals surface area contributed by atoms with Crippen molar-refractivity contribution in [1.82, 2.24) is 10.2 Å².